The quantitative estimate of drug-likeness (QED) is 0.896. The summed E-state index contributed by atoms with van der Waals surface area (Å²) < 4.78 is 19.1. The number of ether oxygens (including phenoxy) is 1. The number of hydrogen-bond donors (Lipinski definition) is 1. The number of hydrogen-bond acceptors (Lipinski definition) is 2. The molecule has 2 N–H and O–H groups in total. The average molecular weight is 276 g/mol. The van der Waals surface area contributed by atoms with Crippen LogP contribution in [0.15, 0.2) is 22.7 Å². The molecule has 0 aromatic heterocycles. The zero-order chi connectivity index (χ0) is 11.3. The minimum absolute atomic E-state index is 0.0550. The van der Waals surface area contributed by atoms with Crippen molar-refractivity contribution in [2.45, 2.75) is 18.9 Å². The van der Waals surface area contributed by atoms with Crippen LogP contribution in [0.5, 0.6) is 0 Å². The molecule has 4 heteroatoms. The van der Waals surface area contributed by atoms with Crippen LogP contribution in [0, 0.1) is 5.82 Å². The highest BCUT2D eigenvalue weighted by atomic mass is 79.9. The number of methoxy groups -OCH3 is 1. The number of rotatable bonds is 5. The highest BCUT2D eigenvalue weighted by molar-refractivity contribution is 9.10. The Kier molecular flexibility index (Phi) is 5.22. The highest BCUT2D eigenvalue weighted by Gasteiger charge is 2.08. The van der Waals surface area contributed by atoms with E-state index >= 15 is 0 Å². The van der Waals surface area contributed by atoms with Gasteiger partial charge in [0.1, 0.15) is 5.82 Å². The monoisotopic (exact) mass is 275 g/mol. The van der Waals surface area contributed by atoms with Crippen LogP contribution in [-0.2, 0) is 11.2 Å². The summed E-state index contributed by atoms with van der Waals surface area (Å²) in [7, 11) is 1.63. The van der Waals surface area contributed by atoms with Gasteiger partial charge in [0, 0.05) is 24.2 Å². The van der Waals surface area contributed by atoms with Crippen LogP contribution in [0.3, 0.4) is 0 Å². The van der Waals surface area contributed by atoms with E-state index in [-0.39, 0.29) is 11.9 Å². The van der Waals surface area contributed by atoms with Crippen molar-refractivity contribution < 1.29 is 9.13 Å². The van der Waals surface area contributed by atoms with Gasteiger partial charge in [0.05, 0.1) is 0 Å². The molecule has 0 spiro atoms. The van der Waals surface area contributed by atoms with Gasteiger partial charge >= 0.3 is 0 Å². The van der Waals surface area contributed by atoms with E-state index in [1.807, 2.05) is 6.07 Å². The lowest BCUT2D eigenvalue weighted by molar-refractivity contribution is 0.187. The molecule has 2 nitrogen and oxygen atoms in total. The average Bonchev–Trinajstić information content (AvgIpc) is 2.19. The van der Waals surface area contributed by atoms with E-state index in [1.54, 1.807) is 13.2 Å². The van der Waals surface area contributed by atoms with E-state index in [2.05, 4.69) is 15.9 Å². The Balaban J connectivity index is 2.56. The van der Waals surface area contributed by atoms with Crippen molar-refractivity contribution in [3.05, 3.63) is 34.1 Å². The third-order valence-electron chi connectivity index (χ3n) is 2.19. The van der Waals surface area contributed by atoms with E-state index in [0.717, 1.165) is 10.9 Å². The van der Waals surface area contributed by atoms with Crippen LogP contribution in [-0.4, -0.2) is 19.8 Å². The fourth-order valence-corrected chi connectivity index (χ4v) is 1.67. The second-order valence-corrected chi connectivity index (χ2v) is 4.40. The zero-order valence-corrected chi connectivity index (χ0v) is 10.3. The molecular formula is C11H15BrFNO. The molecule has 1 atom stereocenters. The van der Waals surface area contributed by atoms with Gasteiger partial charge < -0.3 is 10.5 Å². The van der Waals surface area contributed by atoms with E-state index in [0.29, 0.717) is 18.6 Å². The van der Waals surface area contributed by atoms with Gasteiger partial charge in [0.2, 0.25) is 0 Å². The van der Waals surface area contributed by atoms with Gasteiger partial charge in [-0.25, -0.2) is 4.39 Å². The lowest BCUT2D eigenvalue weighted by Crippen LogP contribution is -2.24. The number of halogens is 2. The van der Waals surface area contributed by atoms with Gasteiger partial charge in [-0.1, -0.05) is 22.0 Å². The minimum atomic E-state index is -0.211. The fraction of sp³-hybridized carbons (Fsp3) is 0.455. The van der Waals surface area contributed by atoms with Crippen LogP contribution >= 0.6 is 15.9 Å². The molecule has 0 bridgehead atoms. The maximum atomic E-state index is 13.4. The lowest BCUT2D eigenvalue weighted by atomic mass is 10.0. The predicted octanol–water partition coefficient (Wildman–Crippen LogP) is 2.49. The SMILES string of the molecule is COCCC(N)Cc1ccc(Br)cc1F. The number of nitrogens with two attached hydrogens (primary N) is 1. The molecule has 84 valence electrons. The molecule has 1 rings (SSSR count). The van der Waals surface area contributed by atoms with Crippen LogP contribution in [0.25, 0.3) is 0 Å². The largest absolute Gasteiger partial charge is 0.385 e. The van der Waals surface area contributed by atoms with Crippen molar-refractivity contribution in [2.75, 3.05) is 13.7 Å². The predicted molar refractivity (Wildman–Crippen MR) is 62.3 cm³/mol. The van der Waals surface area contributed by atoms with Crippen molar-refractivity contribution >= 4 is 15.9 Å². The van der Waals surface area contributed by atoms with E-state index in [1.165, 1.54) is 6.07 Å². The summed E-state index contributed by atoms with van der Waals surface area (Å²) in [6, 6.07) is 4.98. The molecule has 0 fully saturated rings. The van der Waals surface area contributed by atoms with Gasteiger partial charge in [-0.2, -0.15) is 0 Å². The van der Waals surface area contributed by atoms with E-state index in [9.17, 15) is 4.39 Å². The smallest absolute Gasteiger partial charge is 0.127 e. The Morgan fingerprint density at radius 2 is 2.27 bits per heavy atom. The number of benzene rings is 1. The normalized spacial score (nSPS) is 12.8. The van der Waals surface area contributed by atoms with Crippen molar-refractivity contribution in [3.8, 4) is 0 Å². The van der Waals surface area contributed by atoms with Crippen molar-refractivity contribution in [3.63, 3.8) is 0 Å². The van der Waals surface area contributed by atoms with Crippen molar-refractivity contribution in [1.82, 2.24) is 0 Å². The summed E-state index contributed by atoms with van der Waals surface area (Å²) in [5.74, 6) is -0.211. The maximum absolute atomic E-state index is 13.4. The topological polar surface area (TPSA) is 35.2 Å². The highest BCUT2D eigenvalue weighted by Crippen LogP contribution is 2.16. The first kappa shape index (κ1) is 12.6. The minimum Gasteiger partial charge on any atom is -0.385 e. The molecule has 0 heterocycles. The summed E-state index contributed by atoms with van der Waals surface area (Å²) in [6.45, 7) is 0.610. The Labute approximate surface area is 97.7 Å². The molecule has 1 aromatic rings. The summed E-state index contributed by atoms with van der Waals surface area (Å²) in [5.41, 5.74) is 6.49. The lowest BCUT2D eigenvalue weighted by Gasteiger charge is -2.11. The molecular weight excluding hydrogens is 261 g/mol. The second kappa shape index (κ2) is 6.20. The van der Waals surface area contributed by atoms with Gasteiger partial charge in [-0.3, -0.25) is 0 Å². The van der Waals surface area contributed by atoms with Gasteiger partial charge in [-0.05, 0) is 30.5 Å². The van der Waals surface area contributed by atoms with Gasteiger partial charge in [0.25, 0.3) is 0 Å². The van der Waals surface area contributed by atoms with Crippen LogP contribution in [0.1, 0.15) is 12.0 Å². The van der Waals surface area contributed by atoms with Gasteiger partial charge in [0.15, 0.2) is 0 Å². The Bertz CT molecular complexity index is 319. The Hall–Kier alpha value is -0.450. The molecule has 1 unspecified atom stereocenters. The summed E-state index contributed by atoms with van der Waals surface area (Å²) >= 11 is 3.21. The Morgan fingerprint density at radius 1 is 1.53 bits per heavy atom. The molecule has 0 saturated carbocycles. The van der Waals surface area contributed by atoms with Crippen LogP contribution in [0.4, 0.5) is 4.39 Å². The zero-order valence-electron chi connectivity index (χ0n) is 8.67. The molecule has 0 aliphatic carbocycles. The standard InChI is InChI=1S/C11H15BrFNO/c1-15-5-4-10(14)6-8-2-3-9(12)7-11(8)13/h2-3,7,10H,4-6,14H2,1H3. The third kappa shape index (κ3) is 4.28. The van der Waals surface area contributed by atoms with Crippen molar-refractivity contribution in [1.29, 1.82) is 0 Å². The maximum Gasteiger partial charge on any atom is 0.127 e. The molecule has 15 heavy (non-hydrogen) atoms. The molecule has 0 saturated heterocycles. The van der Waals surface area contributed by atoms with E-state index < -0.39 is 0 Å². The van der Waals surface area contributed by atoms with E-state index in [4.69, 9.17) is 10.5 Å². The molecule has 0 aliphatic rings. The first-order chi connectivity index (χ1) is 7.13. The molecule has 0 aliphatic heterocycles. The molecule has 0 radical (unpaired) electrons. The third-order valence-corrected chi connectivity index (χ3v) is 2.68. The molecule has 1 aromatic carbocycles. The first-order valence-electron chi connectivity index (χ1n) is 4.82. The Morgan fingerprint density at radius 3 is 2.87 bits per heavy atom. The molecule has 0 amide bonds. The second-order valence-electron chi connectivity index (χ2n) is 3.48. The fourth-order valence-electron chi connectivity index (χ4n) is 1.34. The van der Waals surface area contributed by atoms with Crippen LogP contribution in [0.2, 0.25) is 0 Å². The van der Waals surface area contributed by atoms with Gasteiger partial charge in [-0.15, -0.1) is 0 Å². The van der Waals surface area contributed by atoms with Crippen molar-refractivity contribution in [2.24, 2.45) is 5.73 Å². The summed E-state index contributed by atoms with van der Waals surface area (Å²) in [6.07, 6.45) is 1.29. The summed E-state index contributed by atoms with van der Waals surface area (Å²) in [4.78, 5) is 0. The van der Waals surface area contributed by atoms with Crippen LogP contribution < -0.4 is 5.73 Å². The first-order valence-corrected chi connectivity index (χ1v) is 5.61. The summed E-state index contributed by atoms with van der Waals surface area (Å²) in [5, 5.41) is 0.